The monoisotopic (exact) mass is 452 g/mol. The van der Waals surface area contributed by atoms with Gasteiger partial charge in [0.25, 0.3) is 5.91 Å². The van der Waals surface area contributed by atoms with E-state index in [1.165, 1.54) is 36.0 Å². The van der Waals surface area contributed by atoms with Gasteiger partial charge >= 0.3 is 0 Å². The summed E-state index contributed by atoms with van der Waals surface area (Å²) in [6.07, 6.45) is 1.39. The van der Waals surface area contributed by atoms with Gasteiger partial charge in [-0.15, -0.1) is 0 Å². The highest BCUT2D eigenvalue weighted by molar-refractivity contribution is 9.10. The van der Waals surface area contributed by atoms with Crippen molar-refractivity contribution in [2.45, 2.75) is 6.92 Å². The van der Waals surface area contributed by atoms with E-state index in [0.717, 1.165) is 0 Å². The van der Waals surface area contributed by atoms with Gasteiger partial charge < -0.3 is 9.88 Å². The third-order valence-electron chi connectivity index (χ3n) is 3.84. The Balaban J connectivity index is 2.06. The Morgan fingerprint density at radius 3 is 2.71 bits per heavy atom. The summed E-state index contributed by atoms with van der Waals surface area (Å²) in [5.41, 5.74) is 2.02. The van der Waals surface area contributed by atoms with Crippen LogP contribution < -0.4 is 10.8 Å². The maximum Gasteiger partial charge on any atom is 0.277 e. The fraction of sp³-hybridized carbons (Fsp3) is 0.167. The number of nitrogens with zero attached hydrogens (tertiary/aromatic N) is 2. The lowest BCUT2D eigenvalue weighted by Crippen LogP contribution is -2.27. The molecule has 0 saturated heterocycles. The molecule has 2 aromatic carbocycles. The van der Waals surface area contributed by atoms with Crippen molar-refractivity contribution >= 4 is 50.0 Å². The number of aryl methyl sites for hydroxylation is 1. The smallest absolute Gasteiger partial charge is 0.277 e. The first-order chi connectivity index (χ1) is 13.3. The van der Waals surface area contributed by atoms with Crippen LogP contribution in [0.25, 0.3) is 11.0 Å². The Morgan fingerprint density at radius 1 is 1.29 bits per heavy atom. The number of hydrogen-bond donors (Lipinski definition) is 2. The number of Topliss-reactive ketones (excluding diaryl/α,β-unsaturated/α-hetero) is 1. The molecule has 0 aliphatic carbocycles. The van der Waals surface area contributed by atoms with Crippen molar-refractivity contribution < 1.29 is 23.2 Å². The minimum absolute atomic E-state index is 0.0173. The predicted octanol–water partition coefficient (Wildman–Crippen LogP) is 3.61. The second-order valence-electron chi connectivity index (χ2n) is 6.01. The molecular formula is C18H15BrF2N4O3. The SMILES string of the molecule is CC(=O)CONC(=O)c1cc2c(ncn2C)c(F)c1Nc1ccc(Br)cc1F. The van der Waals surface area contributed by atoms with Crippen LogP contribution in [-0.4, -0.2) is 27.8 Å². The summed E-state index contributed by atoms with van der Waals surface area (Å²) in [4.78, 5) is 32.3. The van der Waals surface area contributed by atoms with Gasteiger partial charge in [0.2, 0.25) is 0 Å². The number of nitrogens with one attached hydrogen (secondary N) is 2. The van der Waals surface area contributed by atoms with Crippen LogP contribution in [0.4, 0.5) is 20.2 Å². The van der Waals surface area contributed by atoms with Crippen molar-refractivity contribution in [1.82, 2.24) is 15.0 Å². The number of anilines is 2. The van der Waals surface area contributed by atoms with E-state index < -0.39 is 17.5 Å². The lowest BCUT2D eigenvalue weighted by atomic mass is 10.1. The topological polar surface area (TPSA) is 85.2 Å². The van der Waals surface area contributed by atoms with E-state index >= 15 is 4.39 Å². The molecule has 0 bridgehead atoms. The zero-order chi connectivity index (χ0) is 20.4. The van der Waals surface area contributed by atoms with E-state index in [-0.39, 0.29) is 34.8 Å². The molecule has 10 heteroatoms. The molecule has 7 nitrogen and oxygen atoms in total. The van der Waals surface area contributed by atoms with Gasteiger partial charge in [-0.3, -0.25) is 14.4 Å². The number of benzene rings is 2. The Kier molecular flexibility index (Phi) is 5.71. The third kappa shape index (κ3) is 4.02. The average Bonchev–Trinajstić information content (AvgIpc) is 3.00. The number of rotatable bonds is 6. The van der Waals surface area contributed by atoms with Gasteiger partial charge in [-0.05, 0) is 31.2 Å². The highest BCUT2D eigenvalue weighted by atomic mass is 79.9. The summed E-state index contributed by atoms with van der Waals surface area (Å²) < 4.78 is 31.4. The maximum absolute atomic E-state index is 15.1. The zero-order valence-corrected chi connectivity index (χ0v) is 16.4. The fourth-order valence-electron chi connectivity index (χ4n) is 2.51. The highest BCUT2D eigenvalue weighted by Crippen LogP contribution is 2.32. The van der Waals surface area contributed by atoms with E-state index in [1.807, 2.05) is 0 Å². The Bertz CT molecular complexity index is 1080. The molecule has 0 fully saturated rings. The van der Waals surface area contributed by atoms with Crippen LogP contribution >= 0.6 is 15.9 Å². The van der Waals surface area contributed by atoms with Gasteiger partial charge in [0.15, 0.2) is 11.6 Å². The first-order valence-corrected chi connectivity index (χ1v) is 8.84. The Hall–Kier alpha value is -2.85. The van der Waals surface area contributed by atoms with Crippen molar-refractivity contribution in [1.29, 1.82) is 0 Å². The number of carbonyl (C=O) groups is 2. The van der Waals surface area contributed by atoms with E-state index in [4.69, 9.17) is 4.84 Å². The molecule has 0 radical (unpaired) electrons. The number of imidazole rings is 1. The lowest BCUT2D eigenvalue weighted by Gasteiger charge is -2.15. The highest BCUT2D eigenvalue weighted by Gasteiger charge is 2.22. The Morgan fingerprint density at radius 2 is 2.04 bits per heavy atom. The summed E-state index contributed by atoms with van der Waals surface area (Å²) in [6, 6.07) is 5.57. The van der Waals surface area contributed by atoms with Crippen LogP contribution in [-0.2, 0) is 16.7 Å². The van der Waals surface area contributed by atoms with Crippen molar-refractivity contribution in [3.8, 4) is 0 Å². The average molecular weight is 453 g/mol. The van der Waals surface area contributed by atoms with Crippen molar-refractivity contribution in [3.05, 3.63) is 52.3 Å². The van der Waals surface area contributed by atoms with Crippen molar-refractivity contribution in [2.24, 2.45) is 7.05 Å². The molecule has 2 N–H and O–H groups in total. The number of aromatic nitrogens is 2. The van der Waals surface area contributed by atoms with Gasteiger partial charge in [0, 0.05) is 11.5 Å². The summed E-state index contributed by atoms with van der Waals surface area (Å²) in [5, 5.41) is 2.61. The van der Waals surface area contributed by atoms with Gasteiger partial charge in [0.05, 0.1) is 28.8 Å². The predicted molar refractivity (Wildman–Crippen MR) is 102 cm³/mol. The van der Waals surface area contributed by atoms with Gasteiger partial charge in [-0.25, -0.2) is 19.2 Å². The second kappa shape index (κ2) is 8.03. The third-order valence-corrected chi connectivity index (χ3v) is 4.33. The minimum Gasteiger partial charge on any atom is -0.350 e. The first kappa shape index (κ1) is 19.9. The van der Waals surface area contributed by atoms with Crippen LogP contribution in [0.15, 0.2) is 35.1 Å². The molecule has 3 rings (SSSR count). The normalized spacial score (nSPS) is 10.9. The van der Waals surface area contributed by atoms with Gasteiger partial charge in [-0.2, -0.15) is 0 Å². The number of hydrogen-bond acceptors (Lipinski definition) is 5. The van der Waals surface area contributed by atoms with E-state index in [9.17, 15) is 14.0 Å². The second-order valence-corrected chi connectivity index (χ2v) is 6.92. The fourth-order valence-corrected chi connectivity index (χ4v) is 2.84. The molecule has 28 heavy (non-hydrogen) atoms. The molecular weight excluding hydrogens is 438 g/mol. The number of hydroxylamine groups is 1. The summed E-state index contributed by atoms with van der Waals surface area (Å²) >= 11 is 3.15. The van der Waals surface area contributed by atoms with E-state index in [2.05, 4.69) is 31.7 Å². The Labute approximate surface area is 166 Å². The van der Waals surface area contributed by atoms with Crippen LogP contribution in [0.5, 0.6) is 0 Å². The maximum atomic E-state index is 15.1. The number of halogens is 3. The molecule has 0 aliphatic rings. The van der Waals surface area contributed by atoms with Gasteiger partial charge in [0.1, 0.15) is 17.9 Å². The van der Waals surface area contributed by atoms with E-state index in [1.54, 1.807) is 13.1 Å². The zero-order valence-electron chi connectivity index (χ0n) is 14.8. The molecule has 0 saturated carbocycles. The molecule has 3 aromatic rings. The van der Waals surface area contributed by atoms with Gasteiger partial charge in [-0.1, -0.05) is 15.9 Å². The molecule has 0 atom stereocenters. The largest absolute Gasteiger partial charge is 0.350 e. The van der Waals surface area contributed by atoms with Crippen molar-refractivity contribution in [3.63, 3.8) is 0 Å². The van der Waals surface area contributed by atoms with Crippen LogP contribution in [0, 0.1) is 11.6 Å². The molecule has 1 heterocycles. The number of amides is 1. The molecule has 1 amide bonds. The molecule has 0 aliphatic heterocycles. The lowest BCUT2D eigenvalue weighted by molar-refractivity contribution is -0.123. The molecule has 1 aromatic heterocycles. The molecule has 0 spiro atoms. The molecule has 0 unspecified atom stereocenters. The number of ketones is 1. The quantitative estimate of drug-likeness (QED) is 0.558. The van der Waals surface area contributed by atoms with Crippen molar-refractivity contribution in [2.75, 3.05) is 11.9 Å². The first-order valence-electron chi connectivity index (χ1n) is 8.05. The summed E-state index contributed by atoms with van der Waals surface area (Å²) in [5.74, 6) is -2.57. The summed E-state index contributed by atoms with van der Waals surface area (Å²) in [7, 11) is 1.64. The van der Waals surface area contributed by atoms with E-state index in [0.29, 0.717) is 9.99 Å². The number of carbonyl (C=O) groups excluding carboxylic acids is 2. The molecule has 146 valence electrons. The van der Waals surface area contributed by atoms with Crippen LogP contribution in [0.2, 0.25) is 0 Å². The van der Waals surface area contributed by atoms with Crippen LogP contribution in [0.3, 0.4) is 0 Å². The standard InChI is InChI=1S/C18H15BrF2N4O3/c1-9(26)7-28-24-18(27)11-6-14-17(22-8-25(14)2)15(21)16(11)23-13-4-3-10(19)5-12(13)20/h3-6,8,23H,7H2,1-2H3,(H,24,27). The number of fused-ring (bicyclic) bond motifs is 1. The minimum atomic E-state index is -0.822. The summed E-state index contributed by atoms with van der Waals surface area (Å²) in [6.45, 7) is 0.948. The van der Waals surface area contributed by atoms with Crippen LogP contribution in [0.1, 0.15) is 17.3 Å².